The predicted molar refractivity (Wildman–Crippen MR) is 79.0 cm³/mol. The van der Waals surface area contributed by atoms with Crippen LogP contribution in [-0.2, 0) is 6.54 Å². The molecular formula is C16H18N2O2. The van der Waals surface area contributed by atoms with Gasteiger partial charge >= 0.3 is 0 Å². The van der Waals surface area contributed by atoms with Gasteiger partial charge in [-0.2, -0.15) is 0 Å². The van der Waals surface area contributed by atoms with Gasteiger partial charge in [0.2, 0.25) is 0 Å². The number of hydrogen-bond acceptors (Lipinski definition) is 4. The molecule has 4 nitrogen and oxygen atoms in total. The minimum atomic E-state index is 0.714. The molecule has 0 aliphatic carbocycles. The minimum absolute atomic E-state index is 0.714. The van der Waals surface area contributed by atoms with E-state index in [1.165, 1.54) is 0 Å². The lowest BCUT2D eigenvalue weighted by Crippen LogP contribution is -2.20. The molecule has 0 saturated heterocycles. The molecule has 0 atom stereocenters. The van der Waals surface area contributed by atoms with Crippen molar-refractivity contribution in [3.8, 4) is 11.5 Å². The Hall–Kier alpha value is -2.20. The summed E-state index contributed by atoms with van der Waals surface area (Å²) in [7, 11) is 0. The van der Waals surface area contributed by atoms with E-state index in [2.05, 4.69) is 10.9 Å². The normalized spacial score (nSPS) is 13.6. The second-order valence-electron chi connectivity index (χ2n) is 4.68. The number of rotatable bonds is 4. The molecule has 2 N–H and O–H groups in total. The van der Waals surface area contributed by atoms with Crippen LogP contribution in [0, 0.1) is 0 Å². The predicted octanol–water partition coefficient (Wildman–Crippen LogP) is 2.96. The Morgan fingerprint density at radius 3 is 2.55 bits per heavy atom. The lowest BCUT2D eigenvalue weighted by atomic mass is 10.2. The smallest absolute Gasteiger partial charge is 0.161 e. The van der Waals surface area contributed by atoms with E-state index in [9.17, 15) is 0 Å². The van der Waals surface area contributed by atoms with Gasteiger partial charge in [-0.25, -0.2) is 5.43 Å². The first kappa shape index (κ1) is 12.8. The molecule has 0 fully saturated rings. The number of hydrazine groups is 1. The summed E-state index contributed by atoms with van der Waals surface area (Å²) < 4.78 is 11.3. The molecule has 1 aliphatic heterocycles. The third-order valence-corrected chi connectivity index (χ3v) is 3.11. The number of anilines is 1. The molecule has 4 heteroatoms. The largest absolute Gasteiger partial charge is 0.490 e. The van der Waals surface area contributed by atoms with Crippen LogP contribution in [0.3, 0.4) is 0 Å². The van der Waals surface area contributed by atoms with Crippen molar-refractivity contribution >= 4 is 5.69 Å². The Labute approximate surface area is 118 Å². The molecule has 3 rings (SSSR count). The number of hydrogen-bond donors (Lipinski definition) is 2. The maximum atomic E-state index is 5.68. The molecule has 1 heterocycles. The Balaban J connectivity index is 1.59. The van der Waals surface area contributed by atoms with Crippen LogP contribution in [-0.4, -0.2) is 13.2 Å². The van der Waals surface area contributed by atoms with Crippen LogP contribution < -0.4 is 20.3 Å². The van der Waals surface area contributed by atoms with Crippen LogP contribution in [0.5, 0.6) is 11.5 Å². The van der Waals surface area contributed by atoms with Crippen molar-refractivity contribution in [1.82, 2.24) is 5.43 Å². The van der Waals surface area contributed by atoms with Gasteiger partial charge in [-0.05, 0) is 29.8 Å². The van der Waals surface area contributed by atoms with Crippen molar-refractivity contribution in [2.75, 3.05) is 18.6 Å². The van der Waals surface area contributed by atoms with E-state index in [0.717, 1.165) is 35.8 Å². The van der Waals surface area contributed by atoms with Crippen molar-refractivity contribution in [3.63, 3.8) is 0 Å². The van der Waals surface area contributed by atoms with Gasteiger partial charge in [-0.1, -0.05) is 24.3 Å². The molecule has 0 amide bonds. The highest BCUT2D eigenvalue weighted by molar-refractivity contribution is 5.44. The van der Waals surface area contributed by atoms with E-state index in [0.29, 0.717) is 13.2 Å². The summed E-state index contributed by atoms with van der Waals surface area (Å²) in [5.41, 5.74) is 8.55. The van der Waals surface area contributed by atoms with Crippen LogP contribution in [0.2, 0.25) is 0 Å². The highest BCUT2D eigenvalue weighted by Gasteiger charge is 2.10. The second-order valence-corrected chi connectivity index (χ2v) is 4.68. The maximum absolute atomic E-state index is 5.68. The van der Waals surface area contributed by atoms with Crippen LogP contribution in [0.4, 0.5) is 5.69 Å². The SMILES string of the molecule is c1ccc(NNCc2ccc3c(c2)OCCCO3)cc1. The van der Waals surface area contributed by atoms with Gasteiger partial charge in [0, 0.05) is 18.7 Å². The van der Waals surface area contributed by atoms with E-state index in [1.807, 2.05) is 48.5 Å². The van der Waals surface area contributed by atoms with Crippen LogP contribution in [0.25, 0.3) is 0 Å². The average Bonchev–Trinajstić information content (AvgIpc) is 2.73. The van der Waals surface area contributed by atoms with E-state index >= 15 is 0 Å². The standard InChI is InChI=1S/C16H18N2O2/c1-2-5-14(6-3-1)18-17-12-13-7-8-15-16(11-13)20-10-4-9-19-15/h1-3,5-8,11,17-18H,4,9-10,12H2. The third-order valence-electron chi connectivity index (χ3n) is 3.11. The van der Waals surface area contributed by atoms with Crippen LogP contribution in [0.1, 0.15) is 12.0 Å². The zero-order valence-corrected chi connectivity index (χ0v) is 11.3. The summed E-state index contributed by atoms with van der Waals surface area (Å²) in [5.74, 6) is 1.67. The van der Waals surface area contributed by atoms with Gasteiger partial charge in [0.25, 0.3) is 0 Å². The topological polar surface area (TPSA) is 42.5 Å². The first-order chi connectivity index (χ1) is 9.92. The second kappa shape index (κ2) is 6.30. The summed E-state index contributed by atoms with van der Waals surface area (Å²) in [6, 6.07) is 16.1. The van der Waals surface area contributed by atoms with Gasteiger partial charge in [-0.15, -0.1) is 0 Å². The summed E-state index contributed by atoms with van der Waals surface area (Å²) in [4.78, 5) is 0. The molecule has 0 radical (unpaired) electrons. The maximum Gasteiger partial charge on any atom is 0.161 e. The Morgan fingerprint density at radius 2 is 1.70 bits per heavy atom. The fraction of sp³-hybridized carbons (Fsp3) is 0.250. The molecule has 104 valence electrons. The number of benzene rings is 2. The summed E-state index contributed by atoms with van der Waals surface area (Å²) in [6.07, 6.45) is 0.928. The van der Waals surface area contributed by atoms with E-state index in [1.54, 1.807) is 0 Å². The fourth-order valence-corrected chi connectivity index (χ4v) is 2.09. The van der Waals surface area contributed by atoms with Crippen molar-refractivity contribution in [2.24, 2.45) is 0 Å². The average molecular weight is 270 g/mol. The number of nitrogens with one attached hydrogen (secondary N) is 2. The van der Waals surface area contributed by atoms with E-state index < -0.39 is 0 Å². The van der Waals surface area contributed by atoms with Crippen LogP contribution in [0.15, 0.2) is 48.5 Å². The molecule has 0 spiro atoms. The van der Waals surface area contributed by atoms with Crippen molar-refractivity contribution < 1.29 is 9.47 Å². The highest BCUT2D eigenvalue weighted by Crippen LogP contribution is 2.30. The van der Waals surface area contributed by atoms with E-state index in [-0.39, 0.29) is 0 Å². The van der Waals surface area contributed by atoms with Gasteiger partial charge in [-0.3, -0.25) is 0 Å². The number of ether oxygens (including phenoxy) is 2. The molecule has 2 aromatic carbocycles. The molecule has 0 aromatic heterocycles. The first-order valence-corrected chi connectivity index (χ1v) is 6.84. The molecule has 0 unspecified atom stereocenters. The van der Waals surface area contributed by atoms with Crippen molar-refractivity contribution in [3.05, 3.63) is 54.1 Å². The lowest BCUT2D eigenvalue weighted by molar-refractivity contribution is 0.297. The van der Waals surface area contributed by atoms with Crippen molar-refractivity contribution in [2.45, 2.75) is 13.0 Å². The zero-order chi connectivity index (χ0) is 13.6. The van der Waals surface area contributed by atoms with E-state index in [4.69, 9.17) is 9.47 Å². The van der Waals surface area contributed by atoms with Crippen LogP contribution >= 0.6 is 0 Å². The molecule has 20 heavy (non-hydrogen) atoms. The highest BCUT2D eigenvalue weighted by atomic mass is 16.5. The quantitative estimate of drug-likeness (QED) is 0.838. The van der Waals surface area contributed by atoms with Gasteiger partial charge in [0.15, 0.2) is 11.5 Å². The third kappa shape index (κ3) is 3.22. The van der Waals surface area contributed by atoms with Gasteiger partial charge in [0.05, 0.1) is 13.2 Å². The summed E-state index contributed by atoms with van der Waals surface area (Å²) >= 11 is 0. The Morgan fingerprint density at radius 1 is 0.900 bits per heavy atom. The molecule has 0 saturated carbocycles. The molecule has 2 aromatic rings. The number of para-hydroxylation sites is 1. The lowest BCUT2D eigenvalue weighted by Gasteiger charge is -2.11. The fourth-order valence-electron chi connectivity index (χ4n) is 2.09. The van der Waals surface area contributed by atoms with Crippen molar-refractivity contribution in [1.29, 1.82) is 0 Å². The first-order valence-electron chi connectivity index (χ1n) is 6.84. The summed E-state index contributed by atoms with van der Waals surface area (Å²) in [5, 5.41) is 0. The monoisotopic (exact) mass is 270 g/mol. The molecule has 0 bridgehead atoms. The zero-order valence-electron chi connectivity index (χ0n) is 11.3. The summed E-state index contributed by atoms with van der Waals surface area (Å²) in [6.45, 7) is 2.15. The Kier molecular flexibility index (Phi) is 4.04. The van der Waals surface area contributed by atoms with Gasteiger partial charge < -0.3 is 14.9 Å². The van der Waals surface area contributed by atoms with Gasteiger partial charge in [0.1, 0.15) is 0 Å². The molecule has 1 aliphatic rings. The Bertz CT molecular complexity index is 558. The minimum Gasteiger partial charge on any atom is -0.490 e. The molecular weight excluding hydrogens is 252 g/mol. The number of fused-ring (bicyclic) bond motifs is 1.